The number of hydrogen-bond donors (Lipinski definition) is 1. The number of aliphatic hydroxyl groups is 1. The molecule has 1 amide bonds. The second-order valence-corrected chi connectivity index (χ2v) is 20.5. The molecule has 2 unspecified atom stereocenters. The van der Waals surface area contributed by atoms with Gasteiger partial charge in [0.25, 0.3) is 0 Å². The number of rotatable bonds is 46. The molecule has 0 aliphatic carbocycles. The summed E-state index contributed by atoms with van der Waals surface area (Å²) in [4.78, 5) is 25.7. The Labute approximate surface area is 396 Å². The number of hydrogen-bond acceptors (Lipinski definition) is 6. The van der Waals surface area contributed by atoms with E-state index >= 15 is 0 Å². The highest BCUT2D eigenvalue weighted by molar-refractivity contribution is 5.79. The molecular weight excluding hydrogens is 775 g/mol. The molecule has 0 aromatic rings. The molecule has 2 saturated heterocycles. The van der Waals surface area contributed by atoms with Gasteiger partial charge in [0.2, 0.25) is 5.91 Å². The Hall–Kier alpha value is -0.730. The maximum atomic E-state index is 13.5. The number of carbonyl (C=O) groups excluding carboxylic acids is 1. The van der Waals surface area contributed by atoms with Crippen LogP contribution in [-0.2, 0) is 4.79 Å². The lowest BCUT2D eigenvalue weighted by molar-refractivity contribution is -0.134. The van der Waals surface area contributed by atoms with E-state index in [0.717, 1.165) is 45.8 Å². The zero-order valence-corrected chi connectivity index (χ0v) is 44.0. The summed E-state index contributed by atoms with van der Waals surface area (Å²) >= 11 is 0. The van der Waals surface area contributed by atoms with Gasteiger partial charge in [-0.2, -0.15) is 0 Å². The Bertz CT molecular complexity index is 915. The number of nitrogens with zero attached hydrogens (tertiary/aromatic N) is 5. The van der Waals surface area contributed by atoms with Crippen molar-refractivity contribution in [2.75, 3.05) is 79.2 Å². The van der Waals surface area contributed by atoms with Crippen LogP contribution in [-0.4, -0.2) is 127 Å². The highest BCUT2D eigenvalue weighted by Crippen LogP contribution is 2.29. The first-order valence-corrected chi connectivity index (χ1v) is 28.7. The number of fused-ring (bicyclic) bond motifs is 2. The fourth-order valence-corrected chi connectivity index (χ4v) is 10.1. The maximum absolute atomic E-state index is 13.5. The van der Waals surface area contributed by atoms with E-state index in [-0.39, 0.29) is 6.73 Å². The molecule has 2 aliphatic rings. The summed E-state index contributed by atoms with van der Waals surface area (Å²) in [6.45, 7) is 22.3. The van der Waals surface area contributed by atoms with Gasteiger partial charge < -0.3 is 14.9 Å². The quantitative estimate of drug-likeness (QED) is 0.0485. The van der Waals surface area contributed by atoms with Crippen LogP contribution in [0.25, 0.3) is 0 Å². The Morgan fingerprint density at radius 3 is 1.00 bits per heavy atom. The van der Waals surface area contributed by atoms with Crippen LogP contribution >= 0.6 is 0 Å². The van der Waals surface area contributed by atoms with E-state index in [0.29, 0.717) is 24.5 Å². The smallest absolute Gasteiger partial charge is 0.237 e. The second-order valence-electron chi connectivity index (χ2n) is 20.5. The molecule has 63 heavy (non-hydrogen) atoms. The fraction of sp³-hybridized carbons (Fsp3) is 0.982. The molecule has 0 spiro atoms. The molecule has 2 bridgehead atoms. The first-order valence-electron chi connectivity index (χ1n) is 28.7. The van der Waals surface area contributed by atoms with Crippen molar-refractivity contribution in [2.45, 2.75) is 278 Å². The molecule has 0 saturated carbocycles. The van der Waals surface area contributed by atoms with Crippen molar-refractivity contribution >= 4 is 5.91 Å². The van der Waals surface area contributed by atoms with Gasteiger partial charge >= 0.3 is 0 Å². The largest absolute Gasteiger partial charge is 0.381 e. The molecule has 2 fully saturated rings. The number of likely N-dealkylation sites (N-methyl/N-ethyl adjacent to an activating group) is 1. The van der Waals surface area contributed by atoms with E-state index in [2.05, 4.69) is 66.2 Å². The number of carbonyl (C=O) groups is 1. The Morgan fingerprint density at radius 1 is 0.397 bits per heavy atom. The van der Waals surface area contributed by atoms with Crippen LogP contribution in [0.15, 0.2) is 0 Å². The molecule has 2 rings (SSSR count). The highest BCUT2D eigenvalue weighted by atomic mass is 16.3. The molecular formula is C56H115N5O2. The SMILES string of the molecule is CCCCCCCCCN(CCCCCCCCC)CCN(CCCCCCCCC)CC(=O)N1CC2CC1CN2C.CCCCCCCCCN(CO)CCCCCCCCC. The lowest BCUT2D eigenvalue weighted by Gasteiger charge is -2.34. The van der Waals surface area contributed by atoms with Crippen molar-refractivity contribution in [1.82, 2.24) is 24.5 Å². The first kappa shape index (κ1) is 60.3. The molecule has 7 heteroatoms. The normalized spacial score (nSPS) is 16.3. The van der Waals surface area contributed by atoms with Gasteiger partial charge in [0.05, 0.1) is 13.3 Å². The van der Waals surface area contributed by atoms with E-state index < -0.39 is 0 Å². The summed E-state index contributed by atoms with van der Waals surface area (Å²) < 4.78 is 0. The van der Waals surface area contributed by atoms with Gasteiger partial charge in [0.15, 0.2) is 0 Å². The zero-order chi connectivity index (χ0) is 45.9. The standard InChI is InChI=1S/C37H74N4O.C19H41NO/c1-5-8-11-14-17-20-23-26-39(27-24-21-18-15-12-9-6-2)29-30-40(28-25-22-19-16-13-10-7-3)34-37(42)41-33-35-31-36(41)32-38(35)4;1-3-5-7-9-11-13-15-17-20(19-21)18-16-14-12-10-8-6-4-2/h35-36H,5-34H2,1-4H3;21H,3-19H2,1-2H3. The lowest BCUT2D eigenvalue weighted by atomic mass is 10.1. The fourth-order valence-electron chi connectivity index (χ4n) is 10.1. The summed E-state index contributed by atoms with van der Waals surface area (Å²) in [5, 5.41) is 9.40. The van der Waals surface area contributed by atoms with E-state index in [1.165, 1.54) is 244 Å². The second kappa shape index (κ2) is 45.1. The van der Waals surface area contributed by atoms with Crippen molar-refractivity contribution < 1.29 is 9.90 Å². The van der Waals surface area contributed by atoms with E-state index in [4.69, 9.17) is 0 Å². The predicted octanol–water partition coefficient (Wildman–Crippen LogP) is 14.5. The van der Waals surface area contributed by atoms with Crippen LogP contribution in [0.1, 0.15) is 266 Å². The first-order chi connectivity index (χ1) is 30.9. The van der Waals surface area contributed by atoms with E-state index in [9.17, 15) is 9.90 Å². The third-order valence-electron chi connectivity index (χ3n) is 14.5. The van der Waals surface area contributed by atoms with Gasteiger partial charge in [-0.25, -0.2) is 0 Å². The van der Waals surface area contributed by atoms with Crippen molar-refractivity contribution in [3.63, 3.8) is 0 Å². The minimum Gasteiger partial charge on any atom is -0.381 e. The Balaban J connectivity index is 0.000000795. The monoisotopic (exact) mass is 890 g/mol. The summed E-state index contributed by atoms with van der Waals surface area (Å²) in [5.41, 5.74) is 0. The van der Waals surface area contributed by atoms with Crippen LogP contribution in [0.2, 0.25) is 0 Å². The maximum Gasteiger partial charge on any atom is 0.237 e. The zero-order valence-electron chi connectivity index (χ0n) is 44.0. The van der Waals surface area contributed by atoms with Crippen molar-refractivity contribution in [1.29, 1.82) is 0 Å². The molecule has 0 aromatic heterocycles. The summed E-state index contributed by atoms with van der Waals surface area (Å²) in [5.74, 6) is 0.393. The number of aliphatic hydroxyl groups excluding tert-OH is 1. The molecule has 0 aromatic carbocycles. The van der Waals surface area contributed by atoms with Gasteiger partial charge in [-0.3, -0.25) is 19.5 Å². The average molecular weight is 891 g/mol. The molecule has 7 nitrogen and oxygen atoms in total. The minimum atomic E-state index is 0.242. The number of likely N-dealkylation sites (tertiary alicyclic amines) is 2. The number of unbranched alkanes of at least 4 members (excludes halogenated alkanes) is 30. The molecule has 1 N–H and O–H groups in total. The third kappa shape index (κ3) is 34.3. The topological polar surface area (TPSA) is 53.5 Å². The van der Waals surface area contributed by atoms with E-state index in [1.807, 2.05) is 0 Å². The Kier molecular flexibility index (Phi) is 43.1. The summed E-state index contributed by atoms with van der Waals surface area (Å²) in [6, 6.07) is 1.05. The Morgan fingerprint density at radius 2 is 0.698 bits per heavy atom. The van der Waals surface area contributed by atoms with Crippen LogP contribution in [0.3, 0.4) is 0 Å². The molecule has 0 radical (unpaired) electrons. The van der Waals surface area contributed by atoms with Crippen LogP contribution in [0.4, 0.5) is 0 Å². The molecule has 2 heterocycles. The minimum absolute atomic E-state index is 0.242. The summed E-state index contributed by atoms with van der Waals surface area (Å²) in [7, 11) is 2.23. The van der Waals surface area contributed by atoms with Crippen molar-refractivity contribution in [3.05, 3.63) is 0 Å². The van der Waals surface area contributed by atoms with Crippen LogP contribution in [0, 0.1) is 0 Å². The van der Waals surface area contributed by atoms with Crippen molar-refractivity contribution in [2.24, 2.45) is 0 Å². The predicted molar refractivity (Wildman–Crippen MR) is 278 cm³/mol. The van der Waals surface area contributed by atoms with Gasteiger partial charge in [0, 0.05) is 51.4 Å². The molecule has 376 valence electrons. The number of piperazine rings is 1. The van der Waals surface area contributed by atoms with E-state index in [1.54, 1.807) is 0 Å². The van der Waals surface area contributed by atoms with Crippen molar-refractivity contribution in [3.8, 4) is 0 Å². The van der Waals surface area contributed by atoms with Gasteiger partial charge in [-0.1, -0.05) is 227 Å². The summed E-state index contributed by atoms with van der Waals surface area (Å²) in [6.07, 6.45) is 48.8. The van der Waals surface area contributed by atoms with Crippen LogP contribution < -0.4 is 0 Å². The third-order valence-corrected chi connectivity index (χ3v) is 14.5. The van der Waals surface area contributed by atoms with Gasteiger partial charge in [0.1, 0.15) is 0 Å². The lowest BCUT2D eigenvalue weighted by Crippen LogP contribution is -2.51. The highest BCUT2D eigenvalue weighted by Gasteiger charge is 2.43. The van der Waals surface area contributed by atoms with Gasteiger partial charge in [-0.15, -0.1) is 0 Å². The number of amides is 1. The molecule has 2 atom stereocenters. The van der Waals surface area contributed by atoms with Crippen LogP contribution in [0.5, 0.6) is 0 Å². The van der Waals surface area contributed by atoms with Gasteiger partial charge in [-0.05, 0) is 65.2 Å². The average Bonchev–Trinajstić information content (AvgIpc) is 3.88. The molecule has 2 aliphatic heterocycles.